The molecule has 0 aromatic heterocycles. The lowest BCUT2D eigenvalue weighted by molar-refractivity contribution is 0.0887. The van der Waals surface area contributed by atoms with Gasteiger partial charge in [-0.05, 0) is 31.2 Å². The third-order valence-electron chi connectivity index (χ3n) is 3.27. The summed E-state index contributed by atoms with van der Waals surface area (Å²) in [6.07, 6.45) is 0.989. The maximum Gasteiger partial charge on any atom is 0.172 e. The second-order valence-electron chi connectivity index (χ2n) is 4.69. The first kappa shape index (κ1) is 14.6. The van der Waals surface area contributed by atoms with Crippen LogP contribution in [0.4, 0.5) is 4.39 Å². The highest BCUT2D eigenvalue weighted by Gasteiger charge is 2.35. The zero-order valence-corrected chi connectivity index (χ0v) is 12.4. The predicted octanol–water partition coefficient (Wildman–Crippen LogP) is 2.79. The summed E-state index contributed by atoms with van der Waals surface area (Å²) in [5.74, 6) is -0.977. The predicted molar refractivity (Wildman–Crippen MR) is 74.8 cm³/mol. The van der Waals surface area contributed by atoms with Crippen molar-refractivity contribution in [1.82, 2.24) is 5.32 Å². The molecule has 5 heteroatoms. The van der Waals surface area contributed by atoms with Crippen molar-refractivity contribution in [2.45, 2.75) is 19.4 Å². The average molecular weight is 330 g/mol. The molecule has 1 N–H and O–H groups in total. The monoisotopic (exact) mass is 329 g/mol. The molecule has 2 atom stereocenters. The molecule has 0 amide bonds. The molecular weight excluding hydrogens is 313 g/mol. The molecule has 3 nitrogen and oxygen atoms in total. The van der Waals surface area contributed by atoms with E-state index in [-0.39, 0.29) is 23.3 Å². The molecule has 1 fully saturated rings. The number of hydrogen-bond acceptors (Lipinski definition) is 3. The Balaban J connectivity index is 2.16. The standard InChI is InChI=1S/C14H17BrFNO2/c1-2-5-17-13-8-19-7-11(13)14(18)10-6-9(15)3-4-12(10)16/h3-4,6,11,13,17H,2,5,7-8H2,1H3. The summed E-state index contributed by atoms with van der Waals surface area (Å²) in [5.41, 5.74) is 0.133. The zero-order valence-electron chi connectivity index (χ0n) is 10.8. The summed E-state index contributed by atoms with van der Waals surface area (Å²) < 4.78 is 19.8. The number of halogens is 2. The first-order valence-corrected chi connectivity index (χ1v) is 7.23. The number of nitrogens with one attached hydrogen (secondary N) is 1. The Bertz CT molecular complexity index is 467. The smallest absolute Gasteiger partial charge is 0.172 e. The first-order valence-electron chi connectivity index (χ1n) is 6.44. The average Bonchev–Trinajstić information content (AvgIpc) is 2.86. The van der Waals surface area contributed by atoms with E-state index in [0.29, 0.717) is 17.7 Å². The first-order chi connectivity index (χ1) is 9.13. The van der Waals surface area contributed by atoms with Crippen LogP contribution in [0.1, 0.15) is 23.7 Å². The van der Waals surface area contributed by atoms with Crippen LogP contribution in [0.15, 0.2) is 22.7 Å². The van der Waals surface area contributed by atoms with Gasteiger partial charge in [0.05, 0.1) is 24.7 Å². The fraction of sp³-hybridized carbons (Fsp3) is 0.500. The van der Waals surface area contributed by atoms with Crippen molar-refractivity contribution in [1.29, 1.82) is 0 Å². The van der Waals surface area contributed by atoms with Crippen LogP contribution in [0.3, 0.4) is 0 Å². The van der Waals surface area contributed by atoms with Gasteiger partial charge < -0.3 is 10.1 Å². The number of carbonyl (C=O) groups is 1. The topological polar surface area (TPSA) is 38.3 Å². The Labute approximate surface area is 120 Å². The molecule has 0 bridgehead atoms. The van der Waals surface area contributed by atoms with E-state index in [2.05, 4.69) is 28.2 Å². The Morgan fingerprint density at radius 1 is 1.53 bits per heavy atom. The molecule has 1 aromatic carbocycles. The molecule has 1 heterocycles. The Kier molecular flexibility index (Phi) is 5.07. The van der Waals surface area contributed by atoms with Crippen molar-refractivity contribution >= 4 is 21.7 Å². The molecule has 2 unspecified atom stereocenters. The summed E-state index contributed by atoms with van der Waals surface area (Å²) in [6.45, 7) is 3.75. The van der Waals surface area contributed by atoms with Crippen LogP contribution in [0.5, 0.6) is 0 Å². The zero-order chi connectivity index (χ0) is 13.8. The van der Waals surface area contributed by atoms with Crippen molar-refractivity contribution in [2.75, 3.05) is 19.8 Å². The molecule has 1 saturated heterocycles. The third-order valence-corrected chi connectivity index (χ3v) is 3.76. The van der Waals surface area contributed by atoms with Crippen molar-refractivity contribution in [3.63, 3.8) is 0 Å². The lowest BCUT2D eigenvalue weighted by Gasteiger charge is -2.18. The number of hydrogen-bond donors (Lipinski definition) is 1. The Hall–Kier alpha value is -0.780. The fourth-order valence-electron chi connectivity index (χ4n) is 2.23. The van der Waals surface area contributed by atoms with Crippen molar-refractivity contribution < 1.29 is 13.9 Å². The van der Waals surface area contributed by atoms with Gasteiger partial charge in [-0.1, -0.05) is 22.9 Å². The van der Waals surface area contributed by atoms with Gasteiger partial charge in [-0.15, -0.1) is 0 Å². The number of ether oxygens (including phenoxy) is 1. The molecule has 0 aliphatic carbocycles. The Morgan fingerprint density at radius 2 is 2.32 bits per heavy atom. The van der Waals surface area contributed by atoms with Gasteiger partial charge in [0.2, 0.25) is 0 Å². The van der Waals surface area contributed by atoms with Gasteiger partial charge in [-0.2, -0.15) is 0 Å². The molecule has 2 rings (SSSR count). The van der Waals surface area contributed by atoms with Crippen LogP contribution >= 0.6 is 15.9 Å². The largest absolute Gasteiger partial charge is 0.379 e. The van der Waals surface area contributed by atoms with Crippen LogP contribution in [0, 0.1) is 11.7 Å². The van der Waals surface area contributed by atoms with E-state index in [1.54, 1.807) is 6.07 Å². The van der Waals surface area contributed by atoms with Crippen molar-refractivity contribution in [3.05, 3.63) is 34.1 Å². The minimum absolute atomic E-state index is 0.0224. The van der Waals surface area contributed by atoms with Crippen molar-refractivity contribution in [2.24, 2.45) is 5.92 Å². The van der Waals surface area contributed by atoms with Gasteiger partial charge in [-0.25, -0.2) is 4.39 Å². The molecule has 1 aliphatic rings. The SMILES string of the molecule is CCCNC1COCC1C(=O)c1cc(Br)ccc1F. The van der Waals surface area contributed by atoms with Crippen LogP contribution in [-0.4, -0.2) is 31.6 Å². The van der Waals surface area contributed by atoms with E-state index in [1.165, 1.54) is 12.1 Å². The number of carbonyl (C=O) groups excluding carboxylic acids is 1. The van der Waals surface area contributed by atoms with Crippen LogP contribution < -0.4 is 5.32 Å². The molecule has 0 radical (unpaired) electrons. The number of benzene rings is 1. The molecular formula is C14H17BrFNO2. The van der Waals surface area contributed by atoms with Gasteiger partial charge in [-0.3, -0.25) is 4.79 Å². The van der Waals surface area contributed by atoms with Crippen LogP contribution in [0.25, 0.3) is 0 Å². The lowest BCUT2D eigenvalue weighted by Crippen LogP contribution is -2.39. The molecule has 1 aliphatic heterocycles. The highest BCUT2D eigenvalue weighted by molar-refractivity contribution is 9.10. The second kappa shape index (κ2) is 6.59. The van der Waals surface area contributed by atoms with Crippen LogP contribution in [-0.2, 0) is 4.74 Å². The highest BCUT2D eigenvalue weighted by Crippen LogP contribution is 2.23. The molecule has 19 heavy (non-hydrogen) atoms. The summed E-state index contributed by atoms with van der Waals surface area (Å²) in [4.78, 5) is 12.4. The third kappa shape index (κ3) is 3.41. The quantitative estimate of drug-likeness (QED) is 0.844. The second-order valence-corrected chi connectivity index (χ2v) is 5.61. The van der Waals surface area contributed by atoms with Gasteiger partial charge in [0.25, 0.3) is 0 Å². The normalized spacial score (nSPS) is 22.7. The fourth-order valence-corrected chi connectivity index (χ4v) is 2.59. The van der Waals surface area contributed by atoms with Crippen molar-refractivity contribution in [3.8, 4) is 0 Å². The molecule has 0 spiro atoms. The highest BCUT2D eigenvalue weighted by atomic mass is 79.9. The van der Waals surface area contributed by atoms with Gasteiger partial charge in [0, 0.05) is 10.5 Å². The molecule has 0 saturated carbocycles. The summed E-state index contributed by atoms with van der Waals surface area (Å²) in [5, 5.41) is 3.29. The maximum atomic E-state index is 13.7. The molecule has 1 aromatic rings. The number of rotatable bonds is 5. The van der Waals surface area contributed by atoms with E-state index >= 15 is 0 Å². The van der Waals surface area contributed by atoms with E-state index in [1.807, 2.05) is 0 Å². The summed E-state index contributed by atoms with van der Waals surface area (Å²) in [7, 11) is 0. The van der Waals surface area contributed by atoms with E-state index in [0.717, 1.165) is 13.0 Å². The van der Waals surface area contributed by atoms with Gasteiger partial charge in [0.15, 0.2) is 5.78 Å². The Morgan fingerprint density at radius 3 is 3.05 bits per heavy atom. The van der Waals surface area contributed by atoms with Gasteiger partial charge >= 0.3 is 0 Å². The van der Waals surface area contributed by atoms with E-state index in [4.69, 9.17) is 4.74 Å². The minimum Gasteiger partial charge on any atom is -0.379 e. The minimum atomic E-state index is -0.477. The number of ketones is 1. The van der Waals surface area contributed by atoms with E-state index < -0.39 is 5.82 Å². The van der Waals surface area contributed by atoms with Crippen LogP contribution in [0.2, 0.25) is 0 Å². The van der Waals surface area contributed by atoms with E-state index in [9.17, 15) is 9.18 Å². The summed E-state index contributed by atoms with van der Waals surface area (Å²) in [6, 6.07) is 4.41. The summed E-state index contributed by atoms with van der Waals surface area (Å²) >= 11 is 3.26. The van der Waals surface area contributed by atoms with Gasteiger partial charge in [0.1, 0.15) is 5.82 Å². The maximum absolute atomic E-state index is 13.7. The number of Topliss-reactive ketones (excluding diaryl/α,β-unsaturated/α-hetero) is 1. The molecule has 104 valence electrons. The lowest BCUT2D eigenvalue weighted by atomic mass is 9.93.